The van der Waals surface area contributed by atoms with Gasteiger partial charge in [-0.1, -0.05) is 6.08 Å². The van der Waals surface area contributed by atoms with Gasteiger partial charge in [0.25, 0.3) is 5.91 Å². The number of aliphatic carboxylic acids is 1. The van der Waals surface area contributed by atoms with E-state index in [-0.39, 0.29) is 17.0 Å². The van der Waals surface area contributed by atoms with Gasteiger partial charge in [-0.25, -0.2) is 4.79 Å². The molecule has 1 atom stereocenters. The number of hydrogen-bond acceptors (Lipinski definition) is 4. The summed E-state index contributed by atoms with van der Waals surface area (Å²) in [5.41, 5.74) is 6.69. The molecule has 0 bridgehead atoms. The average Bonchev–Trinajstić information content (AvgIpc) is 2.65. The monoisotopic (exact) mass is 238 g/mol. The van der Waals surface area contributed by atoms with Crippen LogP contribution >= 0.6 is 11.8 Å². The topological polar surface area (TPSA) is 83.6 Å². The SMILES string of the molecule is C/C=C(N)/C=C1/C(=O)N2C(C(=O)O)=CSC12. The lowest BCUT2D eigenvalue weighted by Crippen LogP contribution is -2.51. The molecular weight excluding hydrogens is 228 g/mol. The van der Waals surface area contributed by atoms with Gasteiger partial charge in [-0.3, -0.25) is 9.69 Å². The molecule has 0 aliphatic carbocycles. The van der Waals surface area contributed by atoms with Crippen LogP contribution in [-0.4, -0.2) is 27.3 Å². The summed E-state index contributed by atoms with van der Waals surface area (Å²) in [6, 6.07) is 0. The first-order valence-electron chi connectivity index (χ1n) is 4.62. The molecule has 1 fully saturated rings. The highest BCUT2D eigenvalue weighted by atomic mass is 32.2. The second-order valence-electron chi connectivity index (χ2n) is 3.36. The Labute approximate surface area is 96.3 Å². The van der Waals surface area contributed by atoms with E-state index in [0.29, 0.717) is 11.3 Å². The zero-order valence-corrected chi connectivity index (χ0v) is 9.32. The predicted molar refractivity (Wildman–Crippen MR) is 60.0 cm³/mol. The standard InChI is InChI=1S/C10H10N2O3S/c1-2-5(11)3-6-8(13)12-7(10(14)15)4-16-9(6)12/h2-4,9H,11H2,1H3,(H,14,15)/b5-2-,6-3-. The van der Waals surface area contributed by atoms with Gasteiger partial charge in [0, 0.05) is 11.1 Å². The lowest BCUT2D eigenvalue weighted by atomic mass is 10.0. The van der Waals surface area contributed by atoms with Gasteiger partial charge in [-0.05, 0) is 13.0 Å². The molecule has 2 rings (SSSR count). The van der Waals surface area contributed by atoms with E-state index in [2.05, 4.69) is 0 Å². The Bertz CT molecular complexity index is 465. The first kappa shape index (κ1) is 10.8. The fourth-order valence-corrected chi connectivity index (χ4v) is 2.65. The molecule has 3 N–H and O–H groups in total. The Morgan fingerprint density at radius 1 is 1.69 bits per heavy atom. The molecule has 84 valence electrons. The molecule has 1 amide bonds. The molecule has 1 unspecified atom stereocenters. The molecule has 0 saturated carbocycles. The summed E-state index contributed by atoms with van der Waals surface area (Å²) in [6.45, 7) is 1.77. The van der Waals surface area contributed by atoms with Crippen molar-refractivity contribution in [3.8, 4) is 0 Å². The van der Waals surface area contributed by atoms with E-state index in [1.807, 2.05) is 0 Å². The number of fused-ring (bicyclic) bond motifs is 1. The van der Waals surface area contributed by atoms with E-state index < -0.39 is 5.97 Å². The van der Waals surface area contributed by atoms with Crippen LogP contribution in [0.2, 0.25) is 0 Å². The average molecular weight is 238 g/mol. The molecule has 0 radical (unpaired) electrons. The zero-order chi connectivity index (χ0) is 11.9. The highest BCUT2D eigenvalue weighted by Crippen LogP contribution is 2.44. The van der Waals surface area contributed by atoms with Crippen LogP contribution in [0.5, 0.6) is 0 Å². The van der Waals surface area contributed by atoms with Crippen LogP contribution in [0, 0.1) is 0 Å². The smallest absolute Gasteiger partial charge is 0.353 e. The summed E-state index contributed by atoms with van der Waals surface area (Å²) >= 11 is 1.30. The molecule has 0 aromatic heterocycles. The summed E-state index contributed by atoms with van der Waals surface area (Å²) in [5, 5.41) is 10.1. The minimum atomic E-state index is -1.08. The molecule has 2 heterocycles. The van der Waals surface area contributed by atoms with Crippen molar-refractivity contribution in [2.45, 2.75) is 12.3 Å². The minimum Gasteiger partial charge on any atom is -0.477 e. The van der Waals surface area contributed by atoms with Gasteiger partial charge in [0.15, 0.2) is 0 Å². The lowest BCUT2D eigenvalue weighted by Gasteiger charge is -2.37. The van der Waals surface area contributed by atoms with Gasteiger partial charge >= 0.3 is 5.97 Å². The molecule has 6 heteroatoms. The second kappa shape index (κ2) is 3.71. The number of carboxylic acids is 1. The summed E-state index contributed by atoms with van der Waals surface area (Å²) in [4.78, 5) is 23.7. The van der Waals surface area contributed by atoms with Crippen LogP contribution in [0.25, 0.3) is 0 Å². The van der Waals surface area contributed by atoms with E-state index in [4.69, 9.17) is 10.8 Å². The van der Waals surface area contributed by atoms with Crippen LogP contribution in [0.4, 0.5) is 0 Å². The maximum atomic E-state index is 11.7. The third-order valence-corrected chi connectivity index (χ3v) is 3.49. The van der Waals surface area contributed by atoms with Gasteiger partial charge in [-0.2, -0.15) is 0 Å². The Morgan fingerprint density at radius 2 is 2.38 bits per heavy atom. The number of allylic oxidation sites excluding steroid dienone is 2. The largest absolute Gasteiger partial charge is 0.477 e. The predicted octanol–water partition coefficient (Wildman–Crippen LogP) is 0.616. The number of nitrogens with two attached hydrogens (primary N) is 1. The summed E-state index contributed by atoms with van der Waals surface area (Å²) in [7, 11) is 0. The van der Waals surface area contributed by atoms with Crippen molar-refractivity contribution in [2.75, 3.05) is 0 Å². The molecular formula is C10H10N2O3S. The van der Waals surface area contributed by atoms with Crippen LogP contribution in [0.3, 0.4) is 0 Å². The highest BCUT2D eigenvalue weighted by molar-refractivity contribution is 8.03. The van der Waals surface area contributed by atoms with Gasteiger partial charge in [0.05, 0.1) is 5.57 Å². The molecule has 0 aromatic rings. The Hall–Kier alpha value is -1.69. The van der Waals surface area contributed by atoms with Crippen LogP contribution in [-0.2, 0) is 9.59 Å². The van der Waals surface area contributed by atoms with Crippen molar-refractivity contribution in [2.24, 2.45) is 5.73 Å². The molecule has 0 spiro atoms. The van der Waals surface area contributed by atoms with Crippen LogP contribution in [0.1, 0.15) is 6.92 Å². The molecule has 0 aromatic carbocycles. The highest BCUT2D eigenvalue weighted by Gasteiger charge is 2.49. The Balaban J connectivity index is 2.22. The number of carbonyl (C=O) groups excluding carboxylic acids is 1. The molecule has 2 aliphatic heterocycles. The van der Waals surface area contributed by atoms with Crippen LogP contribution < -0.4 is 5.73 Å². The van der Waals surface area contributed by atoms with E-state index in [1.54, 1.807) is 19.1 Å². The van der Waals surface area contributed by atoms with E-state index >= 15 is 0 Å². The first-order valence-corrected chi connectivity index (χ1v) is 5.56. The Kier molecular flexibility index (Phi) is 2.51. The van der Waals surface area contributed by atoms with E-state index in [9.17, 15) is 9.59 Å². The number of carboxylic acid groups (broad SMARTS) is 1. The fourth-order valence-electron chi connectivity index (χ4n) is 1.53. The third kappa shape index (κ3) is 1.42. The van der Waals surface area contributed by atoms with Gasteiger partial charge in [-0.15, -0.1) is 11.8 Å². The third-order valence-electron chi connectivity index (χ3n) is 2.41. The van der Waals surface area contributed by atoms with Gasteiger partial charge in [0.2, 0.25) is 0 Å². The van der Waals surface area contributed by atoms with Crippen molar-refractivity contribution >= 4 is 23.6 Å². The quantitative estimate of drug-likeness (QED) is 0.544. The van der Waals surface area contributed by atoms with Crippen LogP contribution in [0.15, 0.2) is 34.5 Å². The fraction of sp³-hybridized carbons (Fsp3) is 0.200. The van der Waals surface area contributed by atoms with Crippen molar-refractivity contribution in [3.63, 3.8) is 0 Å². The number of hydrogen-bond donors (Lipinski definition) is 2. The summed E-state index contributed by atoms with van der Waals surface area (Å²) < 4.78 is 0. The molecule has 5 nitrogen and oxygen atoms in total. The van der Waals surface area contributed by atoms with E-state index in [0.717, 1.165) is 0 Å². The summed E-state index contributed by atoms with van der Waals surface area (Å²) in [5.74, 6) is -1.37. The molecule has 1 saturated heterocycles. The minimum absolute atomic E-state index is 0.0381. The van der Waals surface area contributed by atoms with Gasteiger partial charge < -0.3 is 10.8 Å². The Morgan fingerprint density at radius 3 is 2.94 bits per heavy atom. The zero-order valence-electron chi connectivity index (χ0n) is 8.51. The molecule has 2 aliphatic rings. The van der Waals surface area contributed by atoms with Crippen molar-refractivity contribution < 1.29 is 14.7 Å². The normalized spacial score (nSPS) is 26.6. The number of thioether (sulfide) groups is 1. The number of carbonyl (C=O) groups is 2. The van der Waals surface area contributed by atoms with Crippen molar-refractivity contribution in [1.82, 2.24) is 4.90 Å². The second-order valence-corrected chi connectivity index (χ2v) is 4.31. The van der Waals surface area contributed by atoms with Crippen molar-refractivity contribution in [1.29, 1.82) is 0 Å². The van der Waals surface area contributed by atoms with Crippen molar-refractivity contribution in [3.05, 3.63) is 34.5 Å². The number of rotatable bonds is 2. The maximum absolute atomic E-state index is 11.7. The maximum Gasteiger partial charge on any atom is 0.353 e. The number of β-lactam (4-membered cyclic amide) rings is 1. The van der Waals surface area contributed by atoms with Gasteiger partial charge in [0.1, 0.15) is 11.1 Å². The molecule has 16 heavy (non-hydrogen) atoms. The number of nitrogens with zero attached hydrogens (tertiary/aromatic N) is 1. The lowest BCUT2D eigenvalue weighted by molar-refractivity contribution is -0.141. The summed E-state index contributed by atoms with van der Waals surface area (Å²) in [6.07, 6.45) is 3.28. The first-order chi connectivity index (χ1) is 7.56. The van der Waals surface area contributed by atoms with E-state index in [1.165, 1.54) is 22.1 Å². The number of amides is 1.